The maximum absolute atomic E-state index is 14.1. The first-order valence-corrected chi connectivity index (χ1v) is 20.0. The van der Waals surface area contributed by atoms with Gasteiger partial charge in [-0.05, 0) is 58.2 Å². The number of aliphatic hydroxyl groups is 1. The highest BCUT2D eigenvalue weighted by atomic mass is 32.2. The van der Waals surface area contributed by atoms with E-state index < -0.39 is 64.9 Å². The van der Waals surface area contributed by atoms with Crippen LogP contribution in [0.15, 0.2) is 0 Å². The Morgan fingerprint density at radius 1 is 0.839 bits per heavy atom. The average molecular weight is 816 g/mol. The number of amides is 11. The molecular formula is C36H65N9O10S. The molecular weight excluding hydrogens is 751 g/mol. The molecule has 0 saturated carbocycles. The molecule has 5 N–H and O–H groups in total. The number of likely N-dealkylation sites (N-methyl/N-ethyl adjacent to an activating group) is 4. The normalized spacial score (nSPS) is 15.4. The SMILES string of the molecule is CCCC(=O)N(C)[C@H](SCCCN1CCOCC1)C(=O)N(C)[C@@H](CC(C)(C)O)C(=O)NC(=O)N(C)C(=O)NC(=O)N[C@@H](C)C(=O)N(C)[C@@H](CC(C)C)C(=O)NC. The zero-order chi connectivity index (χ0) is 42.9. The van der Waals surface area contributed by atoms with E-state index in [2.05, 4.69) is 20.9 Å². The van der Waals surface area contributed by atoms with Crippen molar-refractivity contribution in [3.05, 3.63) is 0 Å². The number of hydrogen-bond acceptors (Lipinski definition) is 12. The number of imide groups is 3. The van der Waals surface area contributed by atoms with E-state index in [1.165, 1.54) is 70.5 Å². The summed E-state index contributed by atoms with van der Waals surface area (Å²) in [6.45, 7) is 13.5. The summed E-state index contributed by atoms with van der Waals surface area (Å²) < 4.78 is 5.40. The number of thioether (sulfide) groups is 1. The van der Waals surface area contributed by atoms with Gasteiger partial charge in [-0.2, -0.15) is 0 Å². The van der Waals surface area contributed by atoms with Gasteiger partial charge in [0.15, 0.2) is 5.37 Å². The summed E-state index contributed by atoms with van der Waals surface area (Å²) in [4.78, 5) is 111. The van der Waals surface area contributed by atoms with Crippen LogP contribution in [0.1, 0.15) is 73.6 Å². The van der Waals surface area contributed by atoms with E-state index in [-0.39, 0.29) is 30.6 Å². The molecule has 56 heavy (non-hydrogen) atoms. The van der Waals surface area contributed by atoms with Gasteiger partial charge in [0, 0.05) is 61.2 Å². The molecule has 4 atom stereocenters. The second-order valence-corrected chi connectivity index (χ2v) is 16.1. The molecule has 1 aliphatic rings. The topological polar surface area (TPSA) is 230 Å². The highest BCUT2D eigenvalue weighted by Crippen LogP contribution is 2.23. The van der Waals surface area contributed by atoms with Crippen molar-refractivity contribution in [2.75, 3.05) is 73.8 Å². The predicted octanol–water partition coefficient (Wildman–Crippen LogP) is 0.609. The molecule has 320 valence electrons. The van der Waals surface area contributed by atoms with Crippen LogP contribution >= 0.6 is 11.8 Å². The van der Waals surface area contributed by atoms with Gasteiger partial charge in [0.05, 0.1) is 18.8 Å². The summed E-state index contributed by atoms with van der Waals surface area (Å²) in [5, 5.41) is 18.5. The fourth-order valence-electron chi connectivity index (χ4n) is 5.74. The fourth-order valence-corrected chi connectivity index (χ4v) is 6.91. The largest absolute Gasteiger partial charge is 0.390 e. The smallest absolute Gasteiger partial charge is 0.333 e. The lowest BCUT2D eigenvalue weighted by Gasteiger charge is -2.36. The first kappa shape index (κ1) is 50.0. The molecule has 1 aliphatic heterocycles. The van der Waals surface area contributed by atoms with Crippen molar-refractivity contribution in [3.63, 3.8) is 0 Å². The van der Waals surface area contributed by atoms with Gasteiger partial charge < -0.3 is 35.2 Å². The molecule has 1 fully saturated rings. The number of nitrogens with one attached hydrogen (secondary N) is 4. The molecule has 1 rings (SSSR count). The molecule has 19 nitrogen and oxygen atoms in total. The predicted molar refractivity (Wildman–Crippen MR) is 211 cm³/mol. The molecule has 0 unspecified atom stereocenters. The summed E-state index contributed by atoms with van der Waals surface area (Å²) in [6.07, 6.45) is 1.54. The van der Waals surface area contributed by atoms with Crippen molar-refractivity contribution in [2.24, 2.45) is 5.92 Å². The van der Waals surface area contributed by atoms with Crippen LogP contribution in [-0.4, -0.2) is 180 Å². The van der Waals surface area contributed by atoms with E-state index in [1.807, 2.05) is 26.1 Å². The van der Waals surface area contributed by atoms with Crippen LogP contribution in [0.4, 0.5) is 14.4 Å². The molecule has 11 amide bonds. The molecule has 0 radical (unpaired) electrons. The van der Waals surface area contributed by atoms with Crippen molar-refractivity contribution in [1.82, 2.24) is 45.8 Å². The number of hydrogen-bond donors (Lipinski definition) is 5. The number of nitrogens with zero attached hydrogens (tertiary/aromatic N) is 5. The van der Waals surface area contributed by atoms with E-state index in [4.69, 9.17) is 4.74 Å². The summed E-state index contributed by atoms with van der Waals surface area (Å²) in [7, 11) is 6.72. The Kier molecular flexibility index (Phi) is 21.4. The van der Waals surface area contributed by atoms with Crippen molar-refractivity contribution in [2.45, 2.75) is 103 Å². The third-order valence-electron chi connectivity index (χ3n) is 9.07. The van der Waals surface area contributed by atoms with Gasteiger partial charge in [0.25, 0.3) is 11.8 Å². The molecule has 0 aliphatic carbocycles. The number of carbonyl (C=O) groups excluding carboxylic acids is 8. The minimum absolute atomic E-state index is 0.0799. The van der Waals surface area contributed by atoms with E-state index in [9.17, 15) is 43.5 Å². The van der Waals surface area contributed by atoms with Gasteiger partial charge >= 0.3 is 18.1 Å². The van der Waals surface area contributed by atoms with Crippen molar-refractivity contribution >= 4 is 59.4 Å². The van der Waals surface area contributed by atoms with Crippen LogP contribution in [0.2, 0.25) is 0 Å². The summed E-state index contributed by atoms with van der Waals surface area (Å²) >= 11 is 1.25. The zero-order valence-electron chi connectivity index (χ0n) is 34.9. The highest BCUT2D eigenvalue weighted by Gasteiger charge is 2.39. The van der Waals surface area contributed by atoms with Crippen LogP contribution in [0.3, 0.4) is 0 Å². The third-order valence-corrected chi connectivity index (χ3v) is 10.4. The molecule has 0 aromatic carbocycles. The first-order valence-electron chi connectivity index (χ1n) is 18.9. The van der Waals surface area contributed by atoms with E-state index in [0.717, 1.165) is 38.0 Å². The number of rotatable bonds is 19. The van der Waals surface area contributed by atoms with Crippen LogP contribution in [0.25, 0.3) is 0 Å². The second-order valence-electron chi connectivity index (χ2n) is 15.0. The minimum atomic E-state index is -1.50. The summed E-state index contributed by atoms with van der Waals surface area (Å²) in [5.74, 6) is -2.27. The van der Waals surface area contributed by atoms with Gasteiger partial charge in [-0.1, -0.05) is 20.8 Å². The Hall–Kier alpha value is -4.01. The molecule has 1 heterocycles. The second kappa shape index (κ2) is 23.9. The van der Waals surface area contributed by atoms with Crippen LogP contribution < -0.4 is 21.3 Å². The Morgan fingerprint density at radius 3 is 1.95 bits per heavy atom. The van der Waals surface area contributed by atoms with Gasteiger partial charge in [-0.3, -0.25) is 39.5 Å². The average Bonchev–Trinajstić information content (AvgIpc) is 3.13. The lowest BCUT2D eigenvalue weighted by atomic mass is 9.97. The van der Waals surface area contributed by atoms with Gasteiger partial charge in [-0.15, -0.1) is 11.8 Å². The van der Waals surface area contributed by atoms with E-state index >= 15 is 0 Å². The molecule has 0 aromatic rings. The molecule has 1 saturated heterocycles. The quantitative estimate of drug-likeness (QED) is 0.0893. The lowest BCUT2D eigenvalue weighted by Crippen LogP contribution is -2.59. The number of ether oxygens (including phenoxy) is 1. The molecule has 0 aromatic heterocycles. The van der Waals surface area contributed by atoms with Crippen molar-refractivity contribution in [3.8, 4) is 0 Å². The van der Waals surface area contributed by atoms with Crippen LogP contribution in [0, 0.1) is 5.92 Å². The van der Waals surface area contributed by atoms with Gasteiger partial charge in [0.2, 0.25) is 17.7 Å². The first-order chi connectivity index (χ1) is 26.1. The standard InChI is InChI=1S/C36H65N9O10S/c1-12-14-27(46)43(10)32(56-20-13-15-45-16-18-55-19-17-45)31(50)42(9)26(22-36(5,6)54)29(48)39-34(52)44(11)35(53)40-33(51)38-24(4)30(49)41(8)25(21-23(2)3)28(47)37-7/h23-26,32,54H,12-22H2,1-11H3,(H,37,47)(H,39,48,52)(H2,38,40,51,53)/t24-,25-,26-,32+/m0/s1. The van der Waals surface area contributed by atoms with Gasteiger partial charge in [0.1, 0.15) is 18.1 Å². The monoisotopic (exact) mass is 815 g/mol. The third kappa shape index (κ3) is 16.6. The maximum atomic E-state index is 14.1. The highest BCUT2D eigenvalue weighted by molar-refractivity contribution is 8.00. The summed E-state index contributed by atoms with van der Waals surface area (Å²) in [5.41, 5.74) is -1.50. The Balaban J connectivity index is 3.05. The Bertz CT molecular complexity index is 1370. The molecule has 0 spiro atoms. The summed E-state index contributed by atoms with van der Waals surface area (Å²) in [6, 6.07) is -7.03. The Morgan fingerprint density at radius 2 is 1.41 bits per heavy atom. The fraction of sp³-hybridized carbons (Fsp3) is 0.778. The molecule has 0 bridgehead atoms. The van der Waals surface area contributed by atoms with Gasteiger partial charge in [-0.25, -0.2) is 19.3 Å². The zero-order valence-corrected chi connectivity index (χ0v) is 35.7. The number of urea groups is 3. The maximum Gasteiger partial charge on any atom is 0.333 e. The van der Waals surface area contributed by atoms with Crippen molar-refractivity contribution in [1.29, 1.82) is 0 Å². The lowest BCUT2D eigenvalue weighted by molar-refractivity contribution is -0.145. The van der Waals surface area contributed by atoms with Crippen LogP contribution in [-0.2, 0) is 28.7 Å². The van der Waals surface area contributed by atoms with Crippen LogP contribution in [0.5, 0.6) is 0 Å². The number of morpholine rings is 1. The van der Waals surface area contributed by atoms with Crippen molar-refractivity contribution < 1.29 is 48.2 Å². The van der Waals surface area contributed by atoms with E-state index in [1.54, 1.807) is 0 Å². The van der Waals surface area contributed by atoms with E-state index in [0.29, 0.717) is 36.7 Å². The number of carbonyl (C=O) groups is 8. The Labute approximate surface area is 335 Å². The minimum Gasteiger partial charge on any atom is -0.390 e. The molecule has 20 heteroatoms.